The van der Waals surface area contributed by atoms with Crippen molar-refractivity contribution in [3.05, 3.63) is 29.3 Å². The molecule has 0 bridgehead atoms. The summed E-state index contributed by atoms with van der Waals surface area (Å²) >= 11 is 0. The third-order valence-corrected chi connectivity index (χ3v) is 2.93. The van der Waals surface area contributed by atoms with Gasteiger partial charge in [-0.2, -0.15) is 13.2 Å². The average Bonchev–Trinajstić information content (AvgIpc) is 2.30. The summed E-state index contributed by atoms with van der Waals surface area (Å²) in [5.41, 5.74) is 4.09. The summed E-state index contributed by atoms with van der Waals surface area (Å²) in [6.07, 6.45) is -4.44. The van der Waals surface area contributed by atoms with Crippen molar-refractivity contribution < 1.29 is 18.0 Å². The van der Waals surface area contributed by atoms with Crippen LogP contribution in [0, 0.1) is 12.3 Å². The lowest BCUT2D eigenvalue weighted by Crippen LogP contribution is -2.37. The minimum Gasteiger partial charge on any atom is -0.329 e. The highest BCUT2D eigenvalue weighted by atomic mass is 19.4. The first-order valence-electron chi connectivity index (χ1n) is 5.77. The minimum atomic E-state index is -4.44. The topological polar surface area (TPSA) is 55.1 Å². The first-order chi connectivity index (χ1) is 8.58. The number of carbonyl (C=O) groups is 1. The second-order valence-electron chi connectivity index (χ2n) is 5.07. The van der Waals surface area contributed by atoms with Crippen LogP contribution in [0.2, 0.25) is 0 Å². The summed E-state index contributed by atoms with van der Waals surface area (Å²) in [5, 5.41) is 2.45. The molecule has 0 saturated carbocycles. The monoisotopic (exact) mass is 274 g/mol. The van der Waals surface area contributed by atoms with E-state index in [1.807, 2.05) is 0 Å². The van der Waals surface area contributed by atoms with Crippen molar-refractivity contribution >= 4 is 11.6 Å². The Morgan fingerprint density at radius 3 is 2.37 bits per heavy atom. The number of anilines is 1. The first-order valence-corrected chi connectivity index (χ1v) is 5.77. The third-order valence-electron chi connectivity index (χ3n) is 2.93. The SMILES string of the molecule is Cc1ccc(NC(=O)C(C)(C)CN)cc1C(F)(F)F. The van der Waals surface area contributed by atoms with E-state index in [1.54, 1.807) is 13.8 Å². The molecule has 0 aliphatic rings. The number of aryl methyl sites for hydroxylation is 1. The van der Waals surface area contributed by atoms with Gasteiger partial charge in [0.1, 0.15) is 0 Å². The summed E-state index contributed by atoms with van der Waals surface area (Å²) < 4.78 is 38.2. The van der Waals surface area contributed by atoms with Crippen molar-refractivity contribution in [1.29, 1.82) is 0 Å². The van der Waals surface area contributed by atoms with Gasteiger partial charge in [0.2, 0.25) is 5.91 Å². The van der Waals surface area contributed by atoms with Gasteiger partial charge in [0.15, 0.2) is 0 Å². The predicted molar refractivity (Wildman–Crippen MR) is 67.6 cm³/mol. The van der Waals surface area contributed by atoms with Crippen LogP contribution in [0.1, 0.15) is 25.0 Å². The normalized spacial score (nSPS) is 12.4. The Morgan fingerprint density at radius 1 is 1.32 bits per heavy atom. The zero-order valence-electron chi connectivity index (χ0n) is 11.1. The maximum absolute atomic E-state index is 12.7. The molecule has 3 N–H and O–H groups in total. The highest BCUT2D eigenvalue weighted by Crippen LogP contribution is 2.33. The number of nitrogens with one attached hydrogen (secondary N) is 1. The zero-order valence-corrected chi connectivity index (χ0v) is 11.1. The summed E-state index contributed by atoms with van der Waals surface area (Å²) in [5.74, 6) is -0.410. The van der Waals surface area contributed by atoms with Crippen LogP contribution in [0.4, 0.5) is 18.9 Å². The Bertz CT molecular complexity index is 481. The Balaban J connectivity index is 3.02. The number of rotatable bonds is 3. The Kier molecular flexibility index (Phi) is 4.25. The second-order valence-corrected chi connectivity index (χ2v) is 5.07. The number of nitrogens with two attached hydrogens (primary N) is 1. The molecule has 0 radical (unpaired) electrons. The Morgan fingerprint density at radius 2 is 1.89 bits per heavy atom. The molecule has 0 aromatic heterocycles. The molecular weight excluding hydrogens is 257 g/mol. The van der Waals surface area contributed by atoms with Gasteiger partial charge in [-0.05, 0) is 38.5 Å². The molecule has 0 unspecified atom stereocenters. The molecule has 19 heavy (non-hydrogen) atoms. The predicted octanol–water partition coefficient (Wildman–Crippen LogP) is 2.94. The van der Waals surface area contributed by atoms with Gasteiger partial charge in [0, 0.05) is 12.2 Å². The summed E-state index contributed by atoms with van der Waals surface area (Å²) in [7, 11) is 0. The van der Waals surface area contributed by atoms with Gasteiger partial charge in [-0.1, -0.05) is 6.07 Å². The van der Waals surface area contributed by atoms with Gasteiger partial charge >= 0.3 is 6.18 Å². The van der Waals surface area contributed by atoms with E-state index in [1.165, 1.54) is 19.1 Å². The molecule has 106 valence electrons. The standard InChI is InChI=1S/C13H17F3N2O/c1-8-4-5-9(6-10(8)13(14,15)16)18-11(19)12(2,3)7-17/h4-6H,7,17H2,1-3H3,(H,18,19). The molecule has 3 nitrogen and oxygen atoms in total. The molecule has 1 aromatic carbocycles. The van der Waals surface area contributed by atoms with Crippen LogP contribution < -0.4 is 11.1 Å². The largest absolute Gasteiger partial charge is 0.416 e. The quantitative estimate of drug-likeness (QED) is 0.890. The molecule has 0 saturated heterocycles. The van der Waals surface area contributed by atoms with Gasteiger partial charge in [-0.3, -0.25) is 4.79 Å². The maximum atomic E-state index is 12.7. The number of halogens is 3. The van der Waals surface area contributed by atoms with Gasteiger partial charge in [0.25, 0.3) is 0 Å². The van der Waals surface area contributed by atoms with Crippen molar-refractivity contribution in [3.63, 3.8) is 0 Å². The number of alkyl halides is 3. The fourth-order valence-electron chi connectivity index (χ4n) is 1.40. The maximum Gasteiger partial charge on any atom is 0.416 e. The molecule has 0 spiro atoms. The second kappa shape index (κ2) is 5.21. The summed E-state index contributed by atoms with van der Waals surface area (Å²) in [6, 6.07) is 3.70. The van der Waals surface area contributed by atoms with Crippen LogP contribution in [-0.4, -0.2) is 12.5 Å². The molecule has 0 atom stereocenters. The molecule has 6 heteroatoms. The smallest absolute Gasteiger partial charge is 0.329 e. The fraction of sp³-hybridized carbons (Fsp3) is 0.462. The van der Waals surface area contributed by atoms with E-state index in [9.17, 15) is 18.0 Å². The third kappa shape index (κ3) is 3.70. The molecular formula is C13H17F3N2O. The van der Waals surface area contributed by atoms with Gasteiger partial charge in [-0.25, -0.2) is 0 Å². The number of hydrogen-bond acceptors (Lipinski definition) is 2. The highest BCUT2D eigenvalue weighted by Gasteiger charge is 2.33. The zero-order chi connectivity index (χ0) is 14.8. The van der Waals surface area contributed by atoms with Crippen molar-refractivity contribution in [2.75, 3.05) is 11.9 Å². The first kappa shape index (κ1) is 15.5. The molecule has 0 aliphatic carbocycles. The fourth-order valence-corrected chi connectivity index (χ4v) is 1.40. The Labute approximate surface area is 110 Å². The number of benzene rings is 1. The molecule has 1 aromatic rings. The van der Waals surface area contributed by atoms with E-state index >= 15 is 0 Å². The lowest BCUT2D eigenvalue weighted by atomic mass is 9.92. The van der Waals surface area contributed by atoms with Crippen LogP contribution in [-0.2, 0) is 11.0 Å². The van der Waals surface area contributed by atoms with Crippen LogP contribution in [0.3, 0.4) is 0 Å². The van der Waals surface area contributed by atoms with Crippen LogP contribution in [0.25, 0.3) is 0 Å². The van der Waals surface area contributed by atoms with Gasteiger partial charge < -0.3 is 11.1 Å². The van der Waals surface area contributed by atoms with Gasteiger partial charge in [-0.15, -0.1) is 0 Å². The van der Waals surface area contributed by atoms with E-state index in [2.05, 4.69) is 5.32 Å². The van der Waals surface area contributed by atoms with E-state index in [-0.39, 0.29) is 17.8 Å². The average molecular weight is 274 g/mol. The van der Waals surface area contributed by atoms with E-state index in [0.29, 0.717) is 0 Å². The van der Waals surface area contributed by atoms with Crippen molar-refractivity contribution in [2.45, 2.75) is 26.9 Å². The highest BCUT2D eigenvalue weighted by molar-refractivity contribution is 5.95. The van der Waals surface area contributed by atoms with Gasteiger partial charge in [0.05, 0.1) is 11.0 Å². The molecule has 1 rings (SSSR count). The number of amides is 1. The number of carbonyl (C=O) groups excluding carboxylic acids is 1. The lowest BCUT2D eigenvalue weighted by molar-refractivity contribution is -0.138. The van der Waals surface area contributed by atoms with Crippen LogP contribution >= 0.6 is 0 Å². The van der Waals surface area contributed by atoms with E-state index < -0.39 is 23.1 Å². The molecule has 0 aliphatic heterocycles. The Hall–Kier alpha value is -1.56. The molecule has 0 heterocycles. The van der Waals surface area contributed by atoms with Crippen LogP contribution in [0.5, 0.6) is 0 Å². The van der Waals surface area contributed by atoms with Crippen molar-refractivity contribution in [1.82, 2.24) is 0 Å². The van der Waals surface area contributed by atoms with E-state index in [4.69, 9.17) is 5.73 Å². The molecule has 0 fully saturated rings. The van der Waals surface area contributed by atoms with Crippen molar-refractivity contribution in [3.8, 4) is 0 Å². The summed E-state index contributed by atoms with van der Waals surface area (Å²) in [4.78, 5) is 11.8. The lowest BCUT2D eigenvalue weighted by Gasteiger charge is -2.21. The summed E-state index contributed by atoms with van der Waals surface area (Å²) in [6.45, 7) is 4.73. The van der Waals surface area contributed by atoms with Crippen LogP contribution in [0.15, 0.2) is 18.2 Å². The minimum absolute atomic E-state index is 0.108. The van der Waals surface area contributed by atoms with Crippen molar-refractivity contribution in [2.24, 2.45) is 11.1 Å². The van der Waals surface area contributed by atoms with E-state index in [0.717, 1.165) is 6.07 Å². The molecule has 1 amide bonds. The number of hydrogen-bond donors (Lipinski definition) is 2.